The number of hydrogen-bond acceptors (Lipinski definition) is 3. The Hall–Kier alpha value is -1.01. The second-order valence-corrected chi connectivity index (χ2v) is 6.16. The van der Waals surface area contributed by atoms with E-state index < -0.39 is 5.97 Å². The molecule has 1 aromatic rings. The monoisotopic (exact) mass is 329 g/mol. The zero-order chi connectivity index (χ0) is 13.1. The summed E-state index contributed by atoms with van der Waals surface area (Å²) < 4.78 is 0.582. The van der Waals surface area contributed by atoms with E-state index in [1.807, 2.05) is 0 Å². The summed E-state index contributed by atoms with van der Waals surface area (Å²) in [6, 6.07) is 4.56. The fourth-order valence-electron chi connectivity index (χ4n) is 1.75. The number of carboxylic acid groups (broad SMARTS) is 1. The summed E-state index contributed by atoms with van der Waals surface area (Å²) in [5, 5.41) is 11.7. The molecule has 0 bridgehead atoms. The number of anilines is 1. The molecule has 1 unspecified atom stereocenters. The summed E-state index contributed by atoms with van der Waals surface area (Å²) in [7, 11) is 0. The van der Waals surface area contributed by atoms with E-state index in [4.69, 9.17) is 5.11 Å². The lowest BCUT2D eigenvalue weighted by atomic mass is 10.2. The Labute approximate surface area is 117 Å². The number of aromatic carboxylic acids is 1. The summed E-state index contributed by atoms with van der Waals surface area (Å²) in [4.78, 5) is 22.7. The molecule has 1 aliphatic rings. The molecule has 1 aromatic carbocycles. The number of rotatable bonds is 3. The lowest BCUT2D eigenvalue weighted by Crippen LogP contribution is -2.23. The van der Waals surface area contributed by atoms with Crippen molar-refractivity contribution in [3.8, 4) is 0 Å². The van der Waals surface area contributed by atoms with Gasteiger partial charge < -0.3 is 10.4 Å². The summed E-state index contributed by atoms with van der Waals surface area (Å²) in [5.41, 5.74) is 0.799. The molecule has 2 rings (SSSR count). The third-order valence-corrected chi connectivity index (χ3v) is 4.73. The molecular formula is C12H12BrNO3S. The molecule has 0 spiro atoms. The highest BCUT2D eigenvalue weighted by molar-refractivity contribution is 9.10. The minimum absolute atomic E-state index is 0.0102. The Kier molecular flexibility index (Phi) is 4.29. The van der Waals surface area contributed by atoms with Crippen molar-refractivity contribution >= 4 is 45.3 Å². The molecule has 0 saturated carbocycles. The summed E-state index contributed by atoms with van der Waals surface area (Å²) in [6.07, 6.45) is 1.98. The largest absolute Gasteiger partial charge is 0.478 e. The number of hydrogen-bond donors (Lipinski definition) is 2. The molecule has 1 atom stereocenters. The molecule has 1 saturated heterocycles. The van der Waals surface area contributed by atoms with Gasteiger partial charge >= 0.3 is 5.97 Å². The molecule has 4 nitrogen and oxygen atoms in total. The van der Waals surface area contributed by atoms with Gasteiger partial charge in [-0.1, -0.05) is 0 Å². The minimum Gasteiger partial charge on any atom is -0.478 e. The maximum absolute atomic E-state index is 11.9. The Bertz CT molecular complexity index is 486. The summed E-state index contributed by atoms with van der Waals surface area (Å²) in [5.74, 6) is 0.0261. The van der Waals surface area contributed by atoms with Crippen LogP contribution in [0.1, 0.15) is 23.2 Å². The lowest BCUT2D eigenvalue weighted by molar-refractivity contribution is -0.115. The van der Waals surface area contributed by atoms with E-state index in [-0.39, 0.29) is 16.7 Å². The maximum atomic E-state index is 11.9. The lowest BCUT2D eigenvalue weighted by Gasteiger charge is -2.11. The first-order chi connectivity index (χ1) is 8.58. The van der Waals surface area contributed by atoms with Crippen molar-refractivity contribution in [3.05, 3.63) is 28.2 Å². The Morgan fingerprint density at radius 2 is 2.22 bits per heavy atom. The normalized spacial score (nSPS) is 18.6. The zero-order valence-electron chi connectivity index (χ0n) is 9.48. The van der Waals surface area contributed by atoms with Crippen LogP contribution >= 0.6 is 27.7 Å². The molecular weight excluding hydrogens is 318 g/mol. The maximum Gasteiger partial charge on any atom is 0.335 e. The van der Waals surface area contributed by atoms with Crippen molar-refractivity contribution < 1.29 is 14.7 Å². The molecule has 96 valence electrons. The molecule has 1 fully saturated rings. The van der Waals surface area contributed by atoms with E-state index in [2.05, 4.69) is 21.2 Å². The number of carbonyl (C=O) groups is 2. The fraction of sp³-hybridized carbons (Fsp3) is 0.333. The van der Waals surface area contributed by atoms with Gasteiger partial charge in [-0.05, 0) is 52.7 Å². The molecule has 0 aliphatic carbocycles. The third kappa shape index (κ3) is 3.05. The average molecular weight is 330 g/mol. The van der Waals surface area contributed by atoms with Crippen LogP contribution in [0.15, 0.2) is 22.7 Å². The molecule has 2 N–H and O–H groups in total. The van der Waals surface area contributed by atoms with E-state index in [0.717, 1.165) is 18.6 Å². The van der Waals surface area contributed by atoms with E-state index in [0.29, 0.717) is 10.2 Å². The topological polar surface area (TPSA) is 66.4 Å². The van der Waals surface area contributed by atoms with Crippen LogP contribution in [0, 0.1) is 0 Å². The van der Waals surface area contributed by atoms with Gasteiger partial charge in [-0.25, -0.2) is 4.79 Å². The molecule has 1 amide bonds. The highest BCUT2D eigenvalue weighted by Gasteiger charge is 2.23. The summed E-state index contributed by atoms with van der Waals surface area (Å²) >= 11 is 4.93. The molecule has 6 heteroatoms. The highest BCUT2D eigenvalue weighted by atomic mass is 79.9. The van der Waals surface area contributed by atoms with Gasteiger partial charge in [0.1, 0.15) is 0 Å². The van der Waals surface area contributed by atoms with E-state index in [9.17, 15) is 9.59 Å². The number of carbonyl (C=O) groups excluding carboxylic acids is 1. The fourth-order valence-corrected chi connectivity index (χ4v) is 3.39. The van der Waals surface area contributed by atoms with E-state index in [1.54, 1.807) is 17.8 Å². The van der Waals surface area contributed by atoms with Gasteiger partial charge in [0.15, 0.2) is 0 Å². The second kappa shape index (κ2) is 5.75. The van der Waals surface area contributed by atoms with E-state index >= 15 is 0 Å². The smallest absolute Gasteiger partial charge is 0.335 e. The van der Waals surface area contributed by atoms with Crippen LogP contribution in [0.3, 0.4) is 0 Å². The SMILES string of the molecule is O=C(O)c1ccc(NC(=O)C2CCCS2)c(Br)c1. The first-order valence-corrected chi connectivity index (χ1v) is 7.37. The van der Waals surface area contributed by atoms with Crippen LogP contribution in [-0.4, -0.2) is 28.0 Å². The van der Waals surface area contributed by atoms with E-state index in [1.165, 1.54) is 12.1 Å². The number of thioether (sulfide) groups is 1. The Balaban J connectivity index is 2.09. The molecule has 1 aliphatic heterocycles. The average Bonchev–Trinajstić information content (AvgIpc) is 2.85. The number of benzene rings is 1. The predicted octanol–water partition coefficient (Wildman–Crippen LogP) is 2.98. The number of nitrogens with one attached hydrogen (secondary N) is 1. The first kappa shape index (κ1) is 13.4. The van der Waals surface area contributed by atoms with Crippen molar-refractivity contribution in [3.63, 3.8) is 0 Å². The van der Waals surface area contributed by atoms with Crippen LogP contribution in [0.25, 0.3) is 0 Å². The molecule has 18 heavy (non-hydrogen) atoms. The van der Waals surface area contributed by atoms with Gasteiger partial charge in [-0.2, -0.15) is 0 Å². The molecule has 1 heterocycles. The van der Waals surface area contributed by atoms with Gasteiger partial charge in [0.05, 0.1) is 16.5 Å². The van der Waals surface area contributed by atoms with Gasteiger partial charge in [-0.3, -0.25) is 4.79 Å². The Morgan fingerprint density at radius 3 is 2.78 bits per heavy atom. The molecule has 0 radical (unpaired) electrons. The van der Waals surface area contributed by atoms with Crippen molar-refractivity contribution in [2.24, 2.45) is 0 Å². The first-order valence-electron chi connectivity index (χ1n) is 5.53. The molecule has 0 aromatic heterocycles. The van der Waals surface area contributed by atoms with Crippen LogP contribution < -0.4 is 5.32 Å². The second-order valence-electron chi connectivity index (χ2n) is 3.99. The van der Waals surface area contributed by atoms with Gasteiger partial charge in [-0.15, -0.1) is 11.8 Å². The van der Waals surface area contributed by atoms with Crippen molar-refractivity contribution in [1.82, 2.24) is 0 Å². The summed E-state index contributed by atoms with van der Waals surface area (Å²) in [6.45, 7) is 0. The number of amides is 1. The predicted molar refractivity (Wildman–Crippen MR) is 75.2 cm³/mol. The van der Waals surface area contributed by atoms with Crippen LogP contribution in [-0.2, 0) is 4.79 Å². The number of carboxylic acids is 1. The Morgan fingerprint density at radius 1 is 1.44 bits per heavy atom. The third-order valence-electron chi connectivity index (χ3n) is 2.70. The van der Waals surface area contributed by atoms with Crippen molar-refractivity contribution in [2.75, 3.05) is 11.1 Å². The highest BCUT2D eigenvalue weighted by Crippen LogP contribution is 2.29. The van der Waals surface area contributed by atoms with Crippen LogP contribution in [0.5, 0.6) is 0 Å². The van der Waals surface area contributed by atoms with Gasteiger partial charge in [0.25, 0.3) is 0 Å². The van der Waals surface area contributed by atoms with Crippen molar-refractivity contribution in [1.29, 1.82) is 0 Å². The van der Waals surface area contributed by atoms with Gasteiger partial charge in [0, 0.05) is 4.47 Å². The van der Waals surface area contributed by atoms with Crippen molar-refractivity contribution in [2.45, 2.75) is 18.1 Å². The number of halogens is 1. The van der Waals surface area contributed by atoms with Crippen LogP contribution in [0.2, 0.25) is 0 Å². The van der Waals surface area contributed by atoms with Gasteiger partial charge in [0.2, 0.25) is 5.91 Å². The minimum atomic E-state index is -0.986. The quantitative estimate of drug-likeness (QED) is 0.894. The zero-order valence-corrected chi connectivity index (χ0v) is 11.9. The standard InChI is InChI=1S/C12H12BrNO3S/c13-8-6-7(12(16)17)3-4-9(8)14-11(15)10-2-1-5-18-10/h3-4,6,10H,1-2,5H2,(H,14,15)(H,16,17). The van der Waals surface area contributed by atoms with Crippen LogP contribution in [0.4, 0.5) is 5.69 Å².